The molecule has 0 aromatic heterocycles. The molecule has 3 rings (SSSR count). The van der Waals surface area contributed by atoms with Crippen molar-refractivity contribution in [1.82, 2.24) is 9.80 Å². The molecule has 0 N–H and O–H groups in total. The van der Waals surface area contributed by atoms with Crippen LogP contribution < -0.4 is 0 Å². The second kappa shape index (κ2) is 11.2. The van der Waals surface area contributed by atoms with Gasteiger partial charge in [0.05, 0.1) is 0 Å². The van der Waals surface area contributed by atoms with Crippen LogP contribution in [0.25, 0.3) is 0 Å². The minimum Gasteiger partial charge on any atom is -0.339 e. The Hall–Kier alpha value is -1.84. The maximum Gasteiger partial charge on any atom is 0.222 e. The van der Waals surface area contributed by atoms with Gasteiger partial charge in [-0.2, -0.15) is 0 Å². The fourth-order valence-electron chi connectivity index (χ4n) is 4.63. The zero-order valence-electron chi connectivity index (χ0n) is 17.3. The van der Waals surface area contributed by atoms with Gasteiger partial charge in [-0.3, -0.25) is 9.59 Å². The predicted octanol–water partition coefficient (Wildman–Crippen LogP) is 4.43. The van der Waals surface area contributed by atoms with Gasteiger partial charge in [-0.15, -0.1) is 0 Å². The Bertz CT molecular complexity index is 602. The number of carbonyl (C=O) groups is 2. The molecule has 4 nitrogen and oxygen atoms in total. The number of rotatable bonds is 8. The van der Waals surface area contributed by atoms with E-state index in [4.69, 9.17) is 0 Å². The van der Waals surface area contributed by atoms with E-state index in [9.17, 15) is 9.59 Å². The van der Waals surface area contributed by atoms with Crippen molar-refractivity contribution in [3.05, 3.63) is 35.9 Å². The normalized spacial score (nSPS) is 18.3. The Morgan fingerprint density at radius 1 is 0.786 bits per heavy atom. The van der Waals surface area contributed by atoms with Gasteiger partial charge in [0.15, 0.2) is 0 Å². The van der Waals surface area contributed by atoms with Crippen LogP contribution in [0.3, 0.4) is 0 Å². The molecule has 0 bridgehead atoms. The second-order valence-corrected chi connectivity index (χ2v) is 8.50. The Balaban J connectivity index is 1.28. The summed E-state index contributed by atoms with van der Waals surface area (Å²) in [5, 5.41) is 0. The zero-order chi connectivity index (χ0) is 19.6. The van der Waals surface area contributed by atoms with Crippen molar-refractivity contribution in [3.63, 3.8) is 0 Å². The molecular weight excluding hydrogens is 348 g/mol. The molecule has 0 atom stereocenters. The summed E-state index contributed by atoms with van der Waals surface area (Å²) in [4.78, 5) is 28.8. The maximum absolute atomic E-state index is 12.5. The first-order valence-corrected chi connectivity index (χ1v) is 11.3. The van der Waals surface area contributed by atoms with Crippen molar-refractivity contribution in [3.8, 4) is 0 Å². The first kappa shape index (κ1) is 20.9. The largest absolute Gasteiger partial charge is 0.339 e. The van der Waals surface area contributed by atoms with Crippen LogP contribution >= 0.6 is 0 Å². The summed E-state index contributed by atoms with van der Waals surface area (Å²) in [5.41, 5.74) is 1.29. The number of carbonyl (C=O) groups excluding carboxylic acids is 2. The third-order valence-corrected chi connectivity index (χ3v) is 6.41. The van der Waals surface area contributed by atoms with E-state index in [0.717, 1.165) is 25.2 Å². The summed E-state index contributed by atoms with van der Waals surface area (Å²) in [5.74, 6) is 1.37. The average molecular weight is 385 g/mol. The Kier molecular flexibility index (Phi) is 8.38. The Morgan fingerprint density at radius 2 is 1.36 bits per heavy atom. The van der Waals surface area contributed by atoms with Crippen molar-refractivity contribution in [2.24, 2.45) is 5.92 Å². The minimum atomic E-state index is 0.236. The van der Waals surface area contributed by atoms with Gasteiger partial charge in [-0.1, -0.05) is 62.4 Å². The lowest BCUT2D eigenvalue weighted by molar-refractivity contribution is -0.139. The van der Waals surface area contributed by atoms with E-state index in [2.05, 4.69) is 12.1 Å². The summed E-state index contributed by atoms with van der Waals surface area (Å²) >= 11 is 0. The van der Waals surface area contributed by atoms with Crippen LogP contribution in [0, 0.1) is 5.92 Å². The minimum absolute atomic E-state index is 0.236. The summed E-state index contributed by atoms with van der Waals surface area (Å²) < 4.78 is 0. The molecule has 4 heteroatoms. The molecule has 2 amide bonds. The smallest absolute Gasteiger partial charge is 0.222 e. The van der Waals surface area contributed by atoms with E-state index in [0.29, 0.717) is 39.0 Å². The average Bonchev–Trinajstić information content (AvgIpc) is 2.75. The summed E-state index contributed by atoms with van der Waals surface area (Å²) in [6.45, 7) is 2.79. The van der Waals surface area contributed by atoms with E-state index in [-0.39, 0.29) is 11.8 Å². The monoisotopic (exact) mass is 384 g/mol. The van der Waals surface area contributed by atoms with E-state index < -0.39 is 0 Å². The van der Waals surface area contributed by atoms with Crippen LogP contribution in [-0.4, -0.2) is 47.8 Å². The highest BCUT2D eigenvalue weighted by Crippen LogP contribution is 2.27. The van der Waals surface area contributed by atoms with Crippen molar-refractivity contribution in [2.45, 2.75) is 70.6 Å². The number of aryl methyl sites for hydroxylation is 1. The van der Waals surface area contributed by atoms with Gasteiger partial charge in [-0.25, -0.2) is 0 Å². The number of hydrogen-bond acceptors (Lipinski definition) is 2. The Labute approximate surface area is 170 Å². The summed E-state index contributed by atoms with van der Waals surface area (Å²) in [7, 11) is 0. The van der Waals surface area contributed by atoms with Crippen LogP contribution in [0.5, 0.6) is 0 Å². The summed E-state index contributed by atoms with van der Waals surface area (Å²) in [6, 6.07) is 10.3. The number of amides is 2. The fraction of sp³-hybridized carbons (Fsp3) is 0.667. The molecule has 1 heterocycles. The molecule has 1 aliphatic heterocycles. The molecule has 1 saturated heterocycles. The number of piperazine rings is 1. The molecule has 1 aromatic carbocycles. The molecule has 1 aromatic rings. The molecule has 2 aliphatic rings. The third-order valence-electron chi connectivity index (χ3n) is 6.41. The van der Waals surface area contributed by atoms with Crippen molar-refractivity contribution in [1.29, 1.82) is 0 Å². The predicted molar refractivity (Wildman–Crippen MR) is 113 cm³/mol. The van der Waals surface area contributed by atoms with Gasteiger partial charge in [0.2, 0.25) is 11.8 Å². The van der Waals surface area contributed by atoms with Gasteiger partial charge >= 0.3 is 0 Å². The van der Waals surface area contributed by atoms with Crippen LogP contribution in [0.4, 0.5) is 0 Å². The van der Waals surface area contributed by atoms with Gasteiger partial charge in [-0.05, 0) is 37.2 Å². The van der Waals surface area contributed by atoms with Gasteiger partial charge < -0.3 is 9.80 Å². The van der Waals surface area contributed by atoms with Crippen LogP contribution in [-0.2, 0) is 16.0 Å². The first-order chi connectivity index (χ1) is 13.7. The van der Waals surface area contributed by atoms with E-state index in [1.165, 1.54) is 44.1 Å². The first-order valence-electron chi connectivity index (χ1n) is 11.3. The molecule has 1 saturated carbocycles. The molecule has 1 aliphatic carbocycles. The zero-order valence-corrected chi connectivity index (χ0v) is 17.3. The lowest BCUT2D eigenvalue weighted by atomic mass is 9.86. The van der Waals surface area contributed by atoms with Gasteiger partial charge in [0.1, 0.15) is 0 Å². The SMILES string of the molecule is O=C(CCCc1ccccc1)N1CCN(C(=O)CCCC2CCCCC2)CC1. The summed E-state index contributed by atoms with van der Waals surface area (Å²) in [6.07, 6.45) is 12.2. The molecule has 0 spiro atoms. The maximum atomic E-state index is 12.5. The van der Waals surface area contributed by atoms with Crippen molar-refractivity contribution in [2.75, 3.05) is 26.2 Å². The lowest BCUT2D eigenvalue weighted by Crippen LogP contribution is -2.50. The lowest BCUT2D eigenvalue weighted by Gasteiger charge is -2.35. The van der Waals surface area contributed by atoms with Crippen LogP contribution in [0.15, 0.2) is 30.3 Å². The molecule has 0 unspecified atom stereocenters. The van der Waals surface area contributed by atoms with Crippen LogP contribution in [0.1, 0.15) is 69.8 Å². The topological polar surface area (TPSA) is 40.6 Å². The van der Waals surface area contributed by atoms with Crippen molar-refractivity contribution >= 4 is 11.8 Å². The highest BCUT2D eigenvalue weighted by Gasteiger charge is 2.24. The van der Waals surface area contributed by atoms with Crippen molar-refractivity contribution < 1.29 is 9.59 Å². The highest BCUT2D eigenvalue weighted by atomic mass is 16.2. The second-order valence-electron chi connectivity index (χ2n) is 8.50. The number of hydrogen-bond donors (Lipinski definition) is 0. The van der Waals surface area contributed by atoms with E-state index >= 15 is 0 Å². The number of benzene rings is 1. The molecule has 154 valence electrons. The molecule has 28 heavy (non-hydrogen) atoms. The van der Waals surface area contributed by atoms with E-state index in [1.807, 2.05) is 28.0 Å². The fourth-order valence-corrected chi connectivity index (χ4v) is 4.63. The molecular formula is C24H36N2O2. The van der Waals surface area contributed by atoms with Crippen LogP contribution in [0.2, 0.25) is 0 Å². The van der Waals surface area contributed by atoms with E-state index in [1.54, 1.807) is 0 Å². The van der Waals surface area contributed by atoms with Gasteiger partial charge in [0, 0.05) is 39.0 Å². The quantitative estimate of drug-likeness (QED) is 0.665. The highest BCUT2D eigenvalue weighted by molar-refractivity contribution is 5.78. The molecule has 2 fully saturated rings. The Morgan fingerprint density at radius 3 is 1.96 bits per heavy atom. The molecule has 0 radical (unpaired) electrons. The standard InChI is InChI=1S/C24H36N2O2/c27-23(15-7-13-21-9-3-1-4-10-21)25-17-19-26(20-18-25)24(28)16-8-14-22-11-5-2-6-12-22/h1,3-4,9-10,22H,2,5-8,11-20H2. The van der Waals surface area contributed by atoms with Gasteiger partial charge in [0.25, 0.3) is 0 Å². The number of nitrogens with zero attached hydrogens (tertiary/aromatic N) is 2. The third kappa shape index (κ3) is 6.65.